The van der Waals surface area contributed by atoms with Gasteiger partial charge in [-0.3, -0.25) is 9.52 Å². The van der Waals surface area contributed by atoms with Crippen molar-refractivity contribution in [1.29, 1.82) is 0 Å². The van der Waals surface area contributed by atoms with Crippen molar-refractivity contribution in [3.8, 4) is 0 Å². The van der Waals surface area contributed by atoms with E-state index in [2.05, 4.69) is 19.4 Å². The number of halogens is 3. The lowest BCUT2D eigenvalue weighted by atomic mass is 10.0. The quantitative estimate of drug-likeness (QED) is 0.199. The Morgan fingerprint density at radius 3 is 2.54 bits per heavy atom. The molecule has 4 aromatic rings. The summed E-state index contributed by atoms with van der Waals surface area (Å²) in [5.41, 5.74) is -0.180. The second-order valence-electron chi connectivity index (χ2n) is 7.56. The fourth-order valence-electron chi connectivity index (χ4n) is 3.36. The van der Waals surface area contributed by atoms with E-state index in [4.69, 9.17) is 23.2 Å². The third-order valence-corrected chi connectivity index (χ3v) is 8.62. The summed E-state index contributed by atoms with van der Waals surface area (Å²) in [6.45, 7) is 0. The van der Waals surface area contributed by atoms with Gasteiger partial charge in [-0.05, 0) is 76.1 Å². The second-order valence-corrected chi connectivity index (χ2v) is 12.0. The number of nitrogens with zero attached hydrogens (tertiary/aromatic N) is 2. The number of nitrogens with one attached hydrogen (secondary N) is 2. The number of hydrogen-bond acceptors (Lipinski definition) is 8. The first kappa shape index (κ1) is 27.5. The van der Waals surface area contributed by atoms with E-state index in [9.17, 15) is 28.2 Å². The van der Waals surface area contributed by atoms with Gasteiger partial charge in [-0.1, -0.05) is 29.3 Å². The molecule has 2 aromatic carbocycles. The van der Waals surface area contributed by atoms with Crippen molar-refractivity contribution >= 4 is 95.0 Å². The molecule has 0 aliphatic rings. The van der Waals surface area contributed by atoms with E-state index < -0.39 is 34.0 Å². The predicted molar refractivity (Wildman–Crippen MR) is 148 cm³/mol. The maximum absolute atomic E-state index is 13.2. The van der Waals surface area contributed by atoms with Crippen molar-refractivity contribution < 1.29 is 28.2 Å². The molecule has 0 saturated heterocycles. The minimum atomic E-state index is -4.27. The number of anilines is 1. The van der Waals surface area contributed by atoms with E-state index in [0.717, 1.165) is 11.5 Å². The van der Waals surface area contributed by atoms with Crippen LogP contribution in [0.15, 0.2) is 59.9 Å². The summed E-state index contributed by atoms with van der Waals surface area (Å²) in [6, 6.07) is 8.16. The Hall–Kier alpha value is -2.56. The van der Waals surface area contributed by atoms with Gasteiger partial charge in [-0.25, -0.2) is 9.78 Å². The van der Waals surface area contributed by atoms with Crippen molar-refractivity contribution in [2.24, 2.45) is 0 Å². The third-order valence-electron chi connectivity index (χ3n) is 5.13. The van der Waals surface area contributed by atoms with E-state index >= 15 is 0 Å². The Bertz CT molecular complexity index is 1630. The molecule has 0 aliphatic heterocycles. The van der Waals surface area contributed by atoms with Crippen LogP contribution >= 0.6 is 57.3 Å². The molecule has 2 unspecified atom stereocenters. The first-order valence-electron chi connectivity index (χ1n) is 10.2. The summed E-state index contributed by atoms with van der Waals surface area (Å²) in [6.07, 6.45) is 1.03. The van der Waals surface area contributed by atoms with Crippen LogP contribution < -0.4 is 10.0 Å². The molecule has 192 valence electrons. The van der Waals surface area contributed by atoms with E-state index in [1.54, 1.807) is 12.1 Å². The predicted octanol–water partition coefficient (Wildman–Crippen LogP) is 4.32. The summed E-state index contributed by atoms with van der Waals surface area (Å²) in [4.78, 5) is 29.0. The van der Waals surface area contributed by atoms with Crippen LogP contribution in [0.3, 0.4) is 0 Å². The summed E-state index contributed by atoms with van der Waals surface area (Å²) < 4.78 is 34.0. The molecule has 15 heteroatoms. The van der Waals surface area contributed by atoms with Gasteiger partial charge in [0.05, 0.1) is 37.6 Å². The van der Waals surface area contributed by atoms with Crippen LogP contribution in [0.25, 0.3) is 10.1 Å². The smallest absolute Gasteiger partial charge is 0.329 e. The number of hydrogen-bond donors (Lipinski definition) is 4. The molecule has 4 N–H and O–H groups in total. The lowest BCUT2D eigenvalue weighted by Crippen LogP contribution is -2.45. The largest absolute Gasteiger partial charge is 0.480 e. The fraction of sp³-hybridized carbons (Fsp3) is 0.0909. The Labute approximate surface area is 238 Å². The summed E-state index contributed by atoms with van der Waals surface area (Å²) in [5, 5.41) is 22.9. The number of aromatic nitrogens is 2. The SMILES string of the molecule is O=C(NC(C(=O)O)C(O)c1ccc(Cl)c(Cl)c1)c1ccc(I)cc1NS(=O)(=O)c1nccc2sncc12. The number of aliphatic hydroxyl groups is 1. The van der Waals surface area contributed by atoms with Gasteiger partial charge in [0, 0.05) is 9.77 Å². The molecule has 0 bridgehead atoms. The Balaban J connectivity index is 1.65. The monoisotopic (exact) mass is 692 g/mol. The molecule has 2 atom stereocenters. The Morgan fingerprint density at radius 2 is 1.84 bits per heavy atom. The Kier molecular flexibility index (Phi) is 8.20. The van der Waals surface area contributed by atoms with Gasteiger partial charge in [-0.2, -0.15) is 12.8 Å². The van der Waals surface area contributed by atoms with Crippen LogP contribution in [0.2, 0.25) is 10.0 Å². The highest BCUT2D eigenvalue weighted by molar-refractivity contribution is 14.1. The first-order valence-corrected chi connectivity index (χ1v) is 14.3. The zero-order valence-electron chi connectivity index (χ0n) is 18.2. The number of aliphatic carboxylic acids is 1. The minimum Gasteiger partial charge on any atom is -0.480 e. The highest BCUT2D eigenvalue weighted by Crippen LogP contribution is 2.29. The molecule has 0 fully saturated rings. The number of sulfonamides is 1. The fourth-order valence-corrected chi connectivity index (χ4v) is 6.07. The van der Waals surface area contributed by atoms with Crippen LogP contribution in [0, 0.1) is 3.57 Å². The molecule has 0 spiro atoms. The summed E-state index contributed by atoms with van der Waals surface area (Å²) >= 11 is 14.9. The number of aliphatic hydroxyl groups excluding tert-OH is 1. The van der Waals surface area contributed by atoms with Gasteiger partial charge in [0.25, 0.3) is 15.9 Å². The average molecular weight is 693 g/mol. The van der Waals surface area contributed by atoms with Crippen LogP contribution in [-0.4, -0.2) is 45.9 Å². The van der Waals surface area contributed by atoms with Crippen LogP contribution in [0.1, 0.15) is 22.0 Å². The number of rotatable bonds is 8. The van der Waals surface area contributed by atoms with Gasteiger partial charge in [0.1, 0.15) is 6.10 Å². The molecule has 1 amide bonds. The summed E-state index contributed by atoms with van der Waals surface area (Å²) in [7, 11) is -4.27. The number of fused-ring (bicyclic) bond motifs is 1. The van der Waals surface area contributed by atoms with Gasteiger partial charge in [-0.15, -0.1) is 0 Å². The van der Waals surface area contributed by atoms with Gasteiger partial charge in [0.15, 0.2) is 11.1 Å². The summed E-state index contributed by atoms with van der Waals surface area (Å²) in [5.74, 6) is -2.47. The van der Waals surface area contributed by atoms with Gasteiger partial charge >= 0.3 is 5.97 Å². The minimum absolute atomic E-state index is 0.0902. The maximum Gasteiger partial charge on any atom is 0.329 e. The normalized spacial score (nSPS) is 13.2. The molecule has 10 nitrogen and oxygen atoms in total. The molecule has 2 heterocycles. The molecule has 0 saturated carbocycles. The van der Waals surface area contributed by atoms with Crippen molar-refractivity contribution in [2.75, 3.05) is 4.72 Å². The number of benzene rings is 2. The molecular weight excluding hydrogens is 678 g/mol. The maximum atomic E-state index is 13.2. The number of carbonyl (C=O) groups is 2. The highest BCUT2D eigenvalue weighted by atomic mass is 127. The topological polar surface area (TPSA) is 159 Å². The molecular formula is C22H15Cl2IN4O6S2. The zero-order chi connectivity index (χ0) is 26.9. The third kappa shape index (κ3) is 5.97. The molecule has 37 heavy (non-hydrogen) atoms. The van der Waals surface area contributed by atoms with Crippen LogP contribution in [-0.2, 0) is 14.8 Å². The number of pyridine rings is 1. The van der Waals surface area contributed by atoms with Crippen LogP contribution in [0.5, 0.6) is 0 Å². The van der Waals surface area contributed by atoms with Gasteiger partial charge < -0.3 is 15.5 Å². The number of carboxylic acids is 1. The highest BCUT2D eigenvalue weighted by Gasteiger charge is 2.31. The van der Waals surface area contributed by atoms with Crippen molar-refractivity contribution in [2.45, 2.75) is 17.2 Å². The second kappa shape index (κ2) is 11.0. The van der Waals surface area contributed by atoms with E-state index in [0.29, 0.717) is 13.7 Å². The average Bonchev–Trinajstić information content (AvgIpc) is 3.32. The Morgan fingerprint density at radius 1 is 1.08 bits per heavy atom. The standard InChI is InChI=1S/C22H15Cl2IN4O6S2/c23-14-4-1-10(7-15(14)24)19(30)18(22(32)33)28-20(31)12-3-2-11(25)8-16(12)29-37(34,35)21-13-9-27-36-17(13)5-6-26-21/h1-9,18-19,29-30H,(H,28,31)(H,32,33). The molecule has 0 radical (unpaired) electrons. The molecule has 0 aliphatic carbocycles. The lowest BCUT2D eigenvalue weighted by Gasteiger charge is -2.22. The van der Waals surface area contributed by atoms with Gasteiger partial charge in [0.2, 0.25) is 0 Å². The molecule has 2 aromatic heterocycles. The van der Waals surface area contributed by atoms with Crippen LogP contribution in [0.4, 0.5) is 5.69 Å². The van der Waals surface area contributed by atoms with E-state index in [1.165, 1.54) is 42.7 Å². The number of carbonyl (C=O) groups excluding carboxylic acids is 1. The van der Waals surface area contributed by atoms with E-state index in [1.807, 2.05) is 22.6 Å². The lowest BCUT2D eigenvalue weighted by molar-refractivity contribution is -0.142. The number of carboxylic acid groups (broad SMARTS) is 1. The van der Waals surface area contributed by atoms with Crippen molar-refractivity contribution in [3.05, 3.63) is 79.6 Å². The van der Waals surface area contributed by atoms with Crippen molar-refractivity contribution in [1.82, 2.24) is 14.7 Å². The number of amides is 1. The first-order chi connectivity index (χ1) is 17.5. The molecule has 4 rings (SSSR count). The zero-order valence-corrected chi connectivity index (χ0v) is 23.5. The van der Waals surface area contributed by atoms with Crippen molar-refractivity contribution in [3.63, 3.8) is 0 Å². The van der Waals surface area contributed by atoms with E-state index in [-0.39, 0.29) is 31.9 Å².